The third-order valence-corrected chi connectivity index (χ3v) is 3.12. The van der Waals surface area contributed by atoms with Crippen molar-refractivity contribution in [2.45, 2.75) is 31.2 Å². The minimum absolute atomic E-state index is 0.160. The van der Waals surface area contributed by atoms with Crippen LogP contribution in [0.5, 0.6) is 0 Å². The number of hydrogen-bond acceptors (Lipinski definition) is 1. The third-order valence-electron chi connectivity index (χ3n) is 3.12. The molecule has 0 bridgehead atoms. The lowest BCUT2D eigenvalue weighted by atomic mass is 9.97. The molecule has 0 radical (unpaired) electrons. The van der Waals surface area contributed by atoms with Crippen molar-refractivity contribution in [1.82, 2.24) is 5.32 Å². The summed E-state index contributed by atoms with van der Waals surface area (Å²) in [7, 11) is 0. The van der Waals surface area contributed by atoms with Crippen LogP contribution in [0.2, 0.25) is 0 Å². The highest BCUT2D eigenvalue weighted by atomic mass is 19.1. The number of urea groups is 1. The average Bonchev–Trinajstić information content (AvgIpc) is 2.66. The van der Waals surface area contributed by atoms with Gasteiger partial charge in [-0.3, -0.25) is 0 Å². The fourth-order valence-corrected chi connectivity index (χ4v) is 2.35. The standard InChI is InChI=1S/C12H15FN2O/c13-10-4-1-8(2-5-10)9-3-6-11(7-9)15-12(14)16/h1-2,4-5,9,11H,3,6-7H2,(H3,14,15,16). The van der Waals surface area contributed by atoms with Gasteiger partial charge in [-0.25, -0.2) is 9.18 Å². The summed E-state index contributed by atoms with van der Waals surface area (Å²) in [5, 5.41) is 2.72. The van der Waals surface area contributed by atoms with Gasteiger partial charge in [-0.2, -0.15) is 0 Å². The first-order valence-corrected chi connectivity index (χ1v) is 5.46. The third kappa shape index (κ3) is 2.51. The van der Waals surface area contributed by atoms with Gasteiger partial charge in [0.1, 0.15) is 5.82 Å². The van der Waals surface area contributed by atoms with E-state index in [9.17, 15) is 9.18 Å². The molecule has 2 amide bonds. The van der Waals surface area contributed by atoms with Gasteiger partial charge in [-0.05, 0) is 42.9 Å². The summed E-state index contributed by atoms with van der Waals surface area (Å²) in [6.07, 6.45) is 2.83. The van der Waals surface area contributed by atoms with Crippen molar-refractivity contribution in [3.05, 3.63) is 35.6 Å². The predicted octanol–water partition coefficient (Wildman–Crippen LogP) is 2.13. The summed E-state index contributed by atoms with van der Waals surface area (Å²) < 4.78 is 12.7. The Morgan fingerprint density at radius 3 is 2.62 bits per heavy atom. The van der Waals surface area contributed by atoms with Crippen LogP contribution in [0.4, 0.5) is 9.18 Å². The molecule has 1 saturated carbocycles. The molecule has 16 heavy (non-hydrogen) atoms. The first kappa shape index (κ1) is 10.9. The van der Waals surface area contributed by atoms with Gasteiger partial charge in [0.15, 0.2) is 0 Å². The van der Waals surface area contributed by atoms with Crippen molar-refractivity contribution in [2.75, 3.05) is 0 Å². The lowest BCUT2D eigenvalue weighted by molar-refractivity contribution is 0.245. The number of carbonyl (C=O) groups excluding carboxylic acids is 1. The molecule has 2 rings (SSSR count). The summed E-state index contributed by atoms with van der Waals surface area (Å²) in [6, 6.07) is 6.27. The molecule has 0 heterocycles. The molecule has 1 aliphatic carbocycles. The fourth-order valence-electron chi connectivity index (χ4n) is 2.35. The number of halogens is 1. The summed E-state index contributed by atoms with van der Waals surface area (Å²) >= 11 is 0. The van der Waals surface area contributed by atoms with E-state index in [1.165, 1.54) is 12.1 Å². The highest BCUT2D eigenvalue weighted by Crippen LogP contribution is 2.34. The van der Waals surface area contributed by atoms with Crippen molar-refractivity contribution in [3.63, 3.8) is 0 Å². The van der Waals surface area contributed by atoms with Crippen LogP contribution in [0.1, 0.15) is 30.7 Å². The average molecular weight is 222 g/mol. The van der Waals surface area contributed by atoms with Crippen LogP contribution < -0.4 is 11.1 Å². The molecule has 4 heteroatoms. The van der Waals surface area contributed by atoms with Crippen LogP contribution >= 0.6 is 0 Å². The zero-order valence-corrected chi connectivity index (χ0v) is 8.95. The number of nitrogens with one attached hydrogen (secondary N) is 1. The minimum atomic E-state index is -0.468. The highest BCUT2D eigenvalue weighted by Gasteiger charge is 2.26. The second-order valence-corrected chi connectivity index (χ2v) is 4.27. The van der Waals surface area contributed by atoms with Crippen LogP contribution in [0.25, 0.3) is 0 Å². The molecule has 0 saturated heterocycles. The van der Waals surface area contributed by atoms with Crippen LogP contribution in [-0.2, 0) is 0 Å². The van der Waals surface area contributed by atoms with E-state index in [1.807, 2.05) is 12.1 Å². The first-order valence-electron chi connectivity index (χ1n) is 5.46. The maximum atomic E-state index is 12.7. The highest BCUT2D eigenvalue weighted by molar-refractivity contribution is 5.72. The molecule has 0 aromatic heterocycles. The smallest absolute Gasteiger partial charge is 0.312 e. The van der Waals surface area contributed by atoms with E-state index >= 15 is 0 Å². The molecule has 3 N–H and O–H groups in total. The van der Waals surface area contributed by atoms with Gasteiger partial charge >= 0.3 is 6.03 Å². The molecule has 1 fully saturated rings. The Bertz CT molecular complexity index is 377. The Labute approximate surface area is 93.8 Å². The fraction of sp³-hybridized carbons (Fsp3) is 0.417. The molecular weight excluding hydrogens is 207 g/mol. The van der Waals surface area contributed by atoms with E-state index in [0.717, 1.165) is 24.8 Å². The molecule has 3 nitrogen and oxygen atoms in total. The van der Waals surface area contributed by atoms with Crippen LogP contribution in [0, 0.1) is 5.82 Å². The van der Waals surface area contributed by atoms with E-state index < -0.39 is 6.03 Å². The molecule has 0 aliphatic heterocycles. The summed E-state index contributed by atoms with van der Waals surface area (Å²) in [5.74, 6) is 0.186. The zero-order valence-electron chi connectivity index (χ0n) is 8.95. The lowest BCUT2D eigenvalue weighted by Gasteiger charge is -2.12. The van der Waals surface area contributed by atoms with E-state index in [2.05, 4.69) is 5.32 Å². The van der Waals surface area contributed by atoms with Gasteiger partial charge in [0.05, 0.1) is 0 Å². The largest absolute Gasteiger partial charge is 0.352 e. The lowest BCUT2D eigenvalue weighted by Crippen LogP contribution is -2.36. The monoisotopic (exact) mass is 222 g/mol. The number of benzene rings is 1. The number of primary amides is 1. The molecule has 1 aromatic carbocycles. The Balaban J connectivity index is 1.98. The van der Waals surface area contributed by atoms with Crippen LogP contribution in [0.15, 0.2) is 24.3 Å². The van der Waals surface area contributed by atoms with Gasteiger partial charge in [-0.15, -0.1) is 0 Å². The molecule has 2 atom stereocenters. The van der Waals surface area contributed by atoms with Gasteiger partial charge in [-0.1, -0.05) is 12.1 Å². The predicted molar refractivity (Wildman–Crippen MR) is 59.5 cm³/mol. The Hall–Kier alpha value is -1.58. The number of amides is 2. The van der Waals surface area contributed by atoms with E-state index in [0.29, 0.717) is 5.92 Å². The van der Waals surface area contributed by atoms with Crippen LogP contribution in [0.3, 0.4) is 0 Å². The SMILES string of the molecule is NC(=O)NC1CCC(c2ccc(F)cc2)C1. The number of rotatable bonds is 2. The van der Waals surface area contributed by atoms with Crippen LogP contribution in [-0.4, -0.2) is 12.1 Å². The van der Waals surface area contributed by atoms with Gasteiger partial charge in [0, 0.05) is 6.04 Å². The second-order valence-electron chi connectivity index (χ2n) is 4.27. The molecule has 1 aliphatic rings. The van der Waals surface area contributed by atoms with Crippen molar-refractivity contribution in [1.29, 1.82) is 0 Å². The minimum Gasteiger partial charge on any atom is -0.352 e. The normalized spacial score (nSPS) is 24.3. The maximum Gasteiger partial charge on any atom is 0.312 e. The zero-order chi connectivity index (χ0) is 11.5. The molecule has 2 unspecified atom stereocenters. The summed E-state index contributed by atoms with van der Waals surface area (Å²) in [6.45, 7) is 0. The van der Waals surface area contributed by atoms with Gasteiger partial charge in [0.25, 0.3) is 0 Å². The first-order chi connectivity index (χ1) is 7.65. The second kappa shape index (κ2) is 4.51. The van der Waals surface area contributed by atoms with Crippen molar-refractivity contribution >= 4 is 6.03 Å². The van der Waals surface area contributed by atoms with E-state index in [1.54, 1.807) is 0 Å². The summed E-state index contributed by atoms with van der Waals surface area (Å²) in [4.78, 5) is 10.7. The number of hydrogen-bond donors (Lipinski definition) is 2. The van der Waals surface area contributed by atoms with Crippen molar-refractivity contribution < 1.29 is 9.18 Å². The van der Waals surface area contributed by atoms with Gasteiger partial charge in [0.2, 0.25) is 0 Å². The quantitative estimate of drug-likeness (QED) is 0.791. The van der Waals surface area contributed by atoms with E-state index in [-0.39, 0.29) is 11.9 Å². The Kier molecular flexibility index (Phi) is 3.08. The van der Waals surface area contributed by atoms with Gasteiger partial charge < -0.3 is 11.1 Å². The Morgan fingerprint density at radius 1 is 1.31 bits per heavy atom. The molecule has 1 aromatic rings. The summed E-state index contributed by atoms with van der Waals surface area (Å²) in [5.41, 5.74) is 6.21. The maximum absolute atomic E-state index is 12.7. The molecule has 0 spiro atoms. The Morgan fingerprint density at radius 2 is 2.00 bits per heavy atom. The molecular formula is C12H15FN2O. The van der Waals surface area contributed by atoms with Crippen molar-refractivity contribution in [2.24, 2.45) is 5.73 Å². The number of carbonyl (C=O) groups is 1. The number of nitrogens with two attached hydrogens (primary N) is 1. The van der Waals surface area contributed by atoms with E-state index in [4.69, 9.17) is 5.73 Å². The molecule has 86 valence electrons. The topological polar surface area (TPSA) is 55.1 Å². The van der Waals surface area contributed by atoms with Crippen molar-refractivity contribution in [3.8, 4) is 0 Å².